The van der Waals surface area contributed by atoms with Crippen molar-refractivity contribution in [1.82, 2.24) is 0 Å². The van der Waals surface area contributed by atoms with E-state index in [1.165, 1.54) is 5.57 Å². The first kappa shape index (κ1) is 25.9. The standard InChI is InChI=1S/C30H48O5/c1-25(2)15-19-18-7-8-21-26(3)11-10-22(33)27(4,16-31)20(26)9-12-29(21,6)28(18,5)13-14-30(19,17-32)24(35)23(25)34/h7,13-14,19-24,31-35H,8-12,15-17H2,1-6H3/t19-,20+,21+,22-,23+,24+,26-,27+,28+,29+,30-/m0/s1. The third-order valence-corrected chi connectivity index (χ3v) is 12.9. The van der Waals surface area contributed by atoms with Crippen molar-refractivity contribution in [2.24, 2.45) is 50.2 Å². The first-order valence-electron chi connectivity index (χ1n) is 13.8. The largest absolute Gasteiger partial charge is 0.396 e. The second-order valence-electron chi connectivity index (χ2n) is 14.6. The van der Waals surface area contributed by atoms with E-state index in [1.807, 2.05) is 13.8 Å². The fourth-order valence-electron chi connectivity index (χ4n) is 10.3. The van der Waals surface area contributed by atoms with Gasteiger partial charge in [0.2, 0.25) is 0 Å². The summed E-state index contributed by atoms with van der Waals surface area (Å²) in [4.78, 5) is 0. The smallest absolute Gasteiger partial charge is 0.0922 e. The van der Waals surface area contributed by atoms with Gasteiger partial charge in [0.15, 0.2) is 0 Å². The van der Waals surface area contributed by atoms with E-state index in [0.29, 0.717) is 5.92 Å². The molecule has 0 radical (unpaired) electrons. The normalized spacial score (nSPS) is 56.8. The van der Waals surface area contributed by atoms with Gasteiger partial charge in [0.25, 0.3) is 0 Å². The molecule has 0 amide bonds. The fourth-order valence-corrected chi connectivity index (χ4v) is 10.3. The third-order valence-electron chi connectivity index (χ3n) is 12.9. The molecular weight excluding hydrogens is 440 g/mol. The highest BCUT2D eigenvalue weighted by atomic mass is 16.3. The molecule has 3 fully saturated rings. The molecule has 0 aromatic heterocycles. The van der Waals surface area contributed by atoms with Crippen LogP contribution in [0.3, 0.4) is 0 Å². The van der Waals surface area contributed by atoms with Gasteiger partial charge in [-0.2, -0.15) is 0 Å². The molecule has 0 aromatic rings. The minimum Gasteiger partial charge on any atom is -0.396 e. The maximum absolute atomic E-state index is 11.3. The molecule has 5 aliphatic carbocycles. The molecule has 0 spiro atoms. The van der Waals surface area contributed by atoms with Crippen LogP contribution in [0.15, 0.2) is 23.8 Å². The zero-order valence-electron chi connectivity index (χ0n) is 22.6. The number of fused-ring (bicyclic) bond motifs is 7. The predicted molar refractivity (Wildman–Crippen MR) is 136 cm³/mol. The van der Waals surface area contributed by atoms with Crippen molar-refractivity contribution in [3.05, 3.63) is 23.8 Å². The average molecular weight is 489 g/mol. The van der Waals surface area contributed by atoms with E-state index in [9.17, 15) is 25.5 Å². The Morgan fingerprint density at radius 3 is 2.14 bits per heavy atom. The molecular formula is C30H48O5. The minimum atomic E-state index is -1.01. The average Bonchev–Trinajstić information content (AvgIpc) is 2.81. The third kappa shape index (κ3) is 2.94. The molecule has 5 heteroatoms. The van der Waals surface area contributed by atoms with Gasteiger partial charge < -0.3 is 25.5 Å². The number of aliphatic hydroxyl groups excluding tert-OH is 5. The van der Waals surface area contributed by atoms with Crippen molar-refractivity contribution < 1.29 is 25.5 Å². The zero-order valence-corrected chi connectivity index (χ0v) is 22.6. The van der Waals surface area contributed by atoms with Crippen molar-refractivity contribution in [3.8, 4) is 0 Å². The van der Waals surface area contributed by atoms with Gasteiger partial charge in [-0.25, -0.2) is 0 Å². The topological polar surface area (TPSA) is 101 Å². The number of rotatable bonds is 2. The van der Waals surface area contributed by atoms with Gasteiger partial charge in [-0.15, -0.1) is 0 Å². The van der Waals surface area contributed by atoms with Gasteiger partial charge in [0.05, 0.1) is 31.5 Å². The highest BCUT2D eigenvalue weighted by molar-refractivity contribution is 5.42. The quantitative estimate of drug-likeness (QED) is 0.380. The Bertz CT molecular complexity index is 941. The Morgan fingerprint density at radius 1 is 0.829 bits per heavy atom. The SMILES string of the molecule is CC1(C)C[C@H]2C3=CC[C@@H]4[C@@]5(C)CC[C@H](O)[C@](C)(CO)[C@@H]5CC[C@@]4(C)[C@]3(C)C=C[C@@]2(CO)[C@H](O)[C@H]1O. The van der Waals surface area contributed by atoms with E-state index in [0.717, 1.165) is 38.5 Å². The molecule has 11 atom stereocenters. The van der Waals surface area contributed by atoms with Crippen molar-refractivity contribution in [3.63, 3.8) is 0 Å². The van der Waals surface area contributed by atoms with E-state index in [-0.39, 0.29) is 41.3 Å². The lowest BCUT2D eigenvalue weighted by Gasteiger charge is -2.70. The lowest BCUT2D eigenvalue weighted by Crippen LogP contribution is -2.67. The first-order valence-corrected chi connectivity index (χ1v) is 13.8. The van der Waals surface area contributed by atoms with Crippen LogP contribution in [-0.2, 0) is 0 Å². The van der Waals surface area contributed by atoms with Gasteiger partial charge >= 0.3 is 0 Å². The molecule has 35 heavy (non-hydrogen) atoms. The molecule has 0 unspecified atom stereocenters. The van der Waals surface area contributed by atoms with Crippen LogP contribution in [0.4, 0.5) is 0 Å². The maximum Gasteiger partial charge on any atom is 0.0922 e. The molecule has 0 bridgehead atoms. The number of allylic oxidation sites excluding steroid dienone is 3. The van der Waals surface area contributed by atoms with E-state index in [4.69, 9.17) is 0 Å². The highest BCUT2D eigenvalue weighted by Gasteiger charge is 2.69. The predicted octanol–water partition coefficient (Wildman–Crippen LogP) is 3.83. The summed E-state index contributed by atoms with van der Waals surface area (Å²) < 4.78 is 0. The molecule has 0 saturated heterocycles. The Morgan fingerprint density at radius 2 is 1.51 bits per heavy atom. The molecule has 5 rings (SSSR count). The second kappa shape index (κ2) is 7.66. The van der Waals surface area contributed by atoms with E-state index in [2.05, 4.69) is 45.9 Å². The lowest BCUT2D eigenvalue weighted by atomic mass is 9.34. The van der Waals surface area contributed by atoms with E-state index >= 15 is 0 Å². The van der Waals surface area contributed by atoms with Crippen molar-refractivity contribution in [2.75, 3.05) is 13.2 Å². The van der Waals surface area contributed by atoms with Crippen LogP contribution in [0, 0.1) is 50.2 Å². The second-order valence-corrected chi connectivity index (χ2v) is 14.6. The van der Waals surface area contributed by atoms with Crippen molar-refractivity contribution in [1.29, 1.82) is 0 Å². The fraction of sp³-hybridized carbons (Fsp3) is 0.867. The van der Waals surface area contributed by atoms with Crippen LogP contribution < -0.4 is 0 Å². The summed E-state index contributed by atoms with van der Waals surface area (Å²) in [6, 6.07) is 0. The molecule has 5 aliphatic rings. The zero-order chi connectivity index (χ0) is 25.8. The molecule has 198 valence electrons. The summed E-state index contributed by atoms with van der Waals surface area (Å²) in [5.74, 6) is 0.671. The summed E-state index contributed by atoms with van der Waals surface area (Å²) in [6.45, 7) is 13.2. The van der Waals surface area contributed by atoms with Gasteiger partial charge in [-0.3, -0.25) is 0 Å². The van der Waals surface area contributed by atoms with Gasteiger partial charge in [0.1, 0.15) is 0 Å². The molecule has 0 aromatic carbocycles. The lowest BCUT2D eigenvalue weighted by molar-refractivity contribution is -0.210. The van der Waals surface area contributed by atoms with Crippen LogP contribution in [0.5, 0.6) is 0 Å². The number of aliphatic hydroxyl groups is 5. The first-order chi connectivity index (χ1) is 16.2. The number of hydrogen-bond acceptors (Lipinski definition) is 5. The maximum atomic E-state index is 11.3. The number of hydrogen-bond donors (Lipinski definition) is 5. The van der Waals surface area contributed by atoms with Crippen LogP contribution in [0.25, 0.3) is 0 Å². The Hall–Kier alpha value is -0.720. The van der Waals surface area contributed by atoms with Gasteiger partial charge in [-0.05, 0) is 72.5 Å². The van der Waals surface area contributed by atoms with Gasteiger partial charge in [-0.1, -0.05) is 65.3 Å². The van der Waals surface area contributed by atoms with Crippen molar-refractivity contribution in [2.45, 2.75) is 98.4 Å². The summed E-state index contributed by atoms with van der Waals surface area (Å²) >= 11 is 0. The van der Waals surface area contributed by atoms with Crippen LogP contribution in [-0.4, -0.2) is 57.1 Å². The highest BCUT2D eigenvalue weighted by Crippen LogP contribution is 2.74. The summed E-state index contributed by atoms with van der Waals surface area (Å²) in [5.41, 5.74) is -0.637. The van der Waals surface area contributed by atoms with Gasteiger partial charge in [0, 0.05) is 16.2 Å². The van der Waals surface area contributed by atoms with Crippen LogP contribution >= 0.6 is 0 Å². The van der Waals surface area contributed by atoms with Crippen molar-refractivity contribution >= 4 is 0 Å². The van der Waals surface area contributed by atoms with E-state index in [1.54, 1.807) is 0 Å². The van der Waals surface area contributed by atoms with E-state index < -0.39 is 34.6 Å². The molecule has 0 heterocycles. The molecule has 5 N–H and O–H groups in total. The minimum absolute atomic E-state index is 0.00966. The molecule has 3 saturated carbocycles. The summed E-state index contributed by atoms with van der Waals surface area (Å²) in [6.07, 6.45) is 9.76. The Balaban J connectivity index is 1.62. The monoisotopic (exact) mass is 488 g/mol. The Labute approximate surface area is 211 Å². The molecule has 0 aliphatic heterocycles. The summed E-state index contributed by atoms with van der Waals surface area (Å²) in [5, 5.41) is 54.2. The van der Waals surface area contributed by atoms with Crippen LogP contribution in [0.1, 0.15) is 80.1 Å². The van der Waals surface area contributed by atoms with Crippen LogP contribution in [0.2, 0.25) is 0 Å². The Kier molecular flexibility index (Phi) is 5.67. The molecule has 5 nitrogen and oxygen atoms in total. The summed E-state index contributed by atoms with van der Waals surface area (Å²) in [7, 11) is 0.